The van der Waals surface area contributed by atoms with Gasteiger partial charge in [0.1, 0.15) is 0 Å². The molecule has 2 saturated heterocycles. The molecule has 124 valence electrons. The summed E-state index contributed by atoms with van der Waals surface area (Å²) in [5, 5.41) is 27.3. The molecule has 6 nitrogen and oxygen atoms in total. The van der Waals surface area contributed by atoms with Crippen molar-refractivity contribution in [3.05, 3.63) is 0 Å². The summed E-state index contributed by atoms with van der Waals surface area (Å²) >= 11 is 0. The molecule has 3 N–H and O–H groups in total. The number of nitrogens with zero attached hydrogens (tertiary/aromatic N) is 3. The fraction of sp³-hybridized carbons (Fsp3) is 1.00. The van der Waals surface area contributed by atoms with Crippen LogP contribution in [0.15, 0.2) is 0 Å². The normalized spacial score (nSPS) is 28.1. The Morgan fingerprint density at radius 1 is 0.667 bits per heavy atom. The Bertz CT molecular complexity index is 269. The third-order valence-electron chi connectivity index (χ3n) is 4.74. The van der Waals surface area contributed by atoms with E-state index in [1.54, 1.807) is 0 Å². The van der Waals surface area contributed by atoms with Gasteiger partial charge in [0, 0.05) is 52.5 Å². The predicted molar refractivity (Wildman–Crippen MR) is 81.8 cm³/mol. The van der Waals surface area contributed by atoms with Gasteiger partial charge in [0.25, 0.3) is 0 Å². The van der Waals surface area contributed by atoms with E-state index >= 15 is 0 Å². The summed E-state index contributed by atoms with van der Waals surface area (Å²) in [5.41, 5.74) is 0. The first-order valence-electron chi connectivity index (χ1n) is 8.38. The number of rotatable bonds is 9. The van der Waals surface area contributed by atoms with Crippen LogP contribution in [0.3, 0.4) is 0 Å². The third kappa shape index (κ3) is 4.37. The van der Waals surface area contributed by atoms with Crippen molar-refractivity contribution >= 4 is 0 Å². The Kier molecular flexibility index (Phi) is 7.36. The quantitative estimate of drug-likeness (QED) is 0.533. The summed E-state index contributed by atoms with van der Waals surface area (Å²) in [6.07, 6.45) is 5.61. The van der Waals surface area contributed by atoms with Crippen LogP contribution in [0.2, 0.25) is 0 Å². The highest BCUT2D eigenvalue weighted by molar-refractivity contribution is 4.91. The predicted octanol–water partition coefficient (Wildman–Crippen LogP) is -0.501. The van der Waals surface area contributed by atoms with Crippen LogP contribution in [0.4, 0.5) is 0 Å². The van der Waals surface area contributed by atoms with Crippen LogP contribution < -0.4 is 0 Å². The second-order valence-electron chi connectivity index (χ2n) is 6.08. The average Bonchev–Trinajstić information content (AvgIpc) is 2.51. The highest BCUT2D eigenvalue weighted by Gasteiger charge is 2.41. The SMILES string of the molecule is OCCCN1CCC2N(CCCO)CCC1N2CCCO. The molecule has 2 fully saturated rings. The molecule has 2 bridgehead atoms. The summed E-state index contributed by atoms with van der Waals surface area (Å²) in [5.74, 6) is 0. The van der Waals surface area contributed by atoms with Gasteiger partial charge in [-0.15, -0.1) is 0 Å². The fourth-order valence-electron chi connectivity index (χ4n) is 3.80. The first-order valence-corrected chi connectivity index (χ1v) is 8.38. The Labute approximate surface area is 127 Å². The van der Waals surface area contributed by atoms with Crippen molar-refractivity contribution in [1.82, 2.24) is 14.7 Å². The topological polar surface area (TPSA) is 70.4 Å². The molecule has 6 heteroatoms. The molecule has 2 aliphatic rings. The van der Waals surface area contributed by atoms with E-state index in [0.717, 1.165) is 64.8 Å². The van der Waals surface area contributed by atoms with Gasteiger partial charge in [-0.3, -0.25) is 14.7 Å². The molecular weight excluding hydrogens is 270 g/mol. The lowest BCUT2D eigenvalue weighted by atomic mass is 10.0. The van der Waals surface area contributed by atoms with Crippen molar-refractivity contribution in [2.75, 3.05) is 52.5 Å². The lowest BCUT2D eigenvalue weighted by Gasteiger charge is -2.56. The van der Waals surface area contributed by atoms with Crippen LogP contribution in [0, 0.1) is 0 Å². The first-order chi connectivity index (χ1) is 10.3. The summed E-state index contributed by atoms with van der Waals surface area (Å²) in [7, 11) is 0. The van der Waals surface area contributed by atoms with Gasteiger partial charge in [-0.05, 0) is 32.1 Å². The molecule has 0 radical (unpaired) electrons. The maximum absolute atomic E-state index is 9.15. The van der Waals surface area contributed by atoms with Crippen LogP contribution in [-0.4, -0.2) is 94.9 Å². The maximum atomic E-state index is 9.15. The van der Waals surface area contributed by atoms with Gasteiger partial charge in [0.2, 0.25) is 0 Å². The van der Waals surface area contributed by atoms with E-state index in [9.17, 15) is 0 Å². The summed E-state index contributed by atoms with van der Waals surface area (Å²) in [6.45, 7) is 5.76. The number of aliphatic hydroxyl groups is 3. The lowest BCUT2D eigenvalue weighted by Crippen LogP contribution is -2.67. The highest BCUT2D eigenvalue weighted by Crippen LogP contribution is 2.30. The van der Waals surface area contributed by atoms with Gasteiger partial charge >= 0.3 is 0 Å². The second kappa shape index (κ2) is 9.02. The van der Waals surface area contributed by atoms with Crippen LogP contribution in [-0.2, 0) is 0 Å². The molecule has 21 heavy (non-hydrogen) atoms. The molecule has 2 unspecified atom stereocenters. The highest BCUT2D eigenvalue weighted by atomic mass is 16.3. The van der Waals surface area contributed by atoms with Gasteiger partial charge in [0.15, 0.2) is 0 Å². The Morgan fingerprint density at radius 3 is 1.52 bits per heavy atom. The second-order valence-corrected chi connectivity index (χ2v) is 6.08. The van der Waals surface area contributed by atoms with Crippen molar-refractivity contribution in [1.29, 1.82) is 0 Å². The molecule has 0 aliphatic carbocycles. The number of aliphatic hydroxyl groups excluding tert-OH is 3. The van der Waals surface area contributed by atoms with Gasteiger partial charge in [0.05, 0.1) is 12.3 Å². The van der Waals surface area contributed by atoms with Crippen molar-refractivity contribution in [2.24, 2.45) is 0 Å². The molecule has 0 amide bonds. The van der Waals surface area contributed by atoms with Crippen molar-refractivity contribution in [3.63, 3.8) is 0 Å². The molecular formula is C15H31N3O3. The van der Waals surface area contributed by atoms with Gasteiger partial charge in [-0.25, -0.2) is 0 Å². The van der Waals surface area contributed by atoms with E-state index in [-0.39, 0.29) is 19.8 Å². The van der Waals surface area contributed by atoms with E-state index < -0.39 is 0 Å². The van der Waals surface area contributed by atoms with Crippen LogP contribution in [0.25, 0.3) is 0 Å². The maximum Gasteiger partial charge on any atom is 0.0648 e. The minimum atomic E-state index is 0.239. The Balaban J connectivity index is 1.99. The Morgan fingerprint density at radius 2 is 1.10 bits per heavy atom. The summed E-state index contributed by atoms with van der Waals surface area (Å²) in [4.78, 5) is 7.51. The molecule has 0 spiro atoms. The lowest BCUT2D eigenvalue weighted by molar-refractivity contribution is -0.132. The molecule has 0 aromatic heterocycles. The van der Waals surface area contributed by atoms with E-state index in [1.807, 2.05) is 0 Å². The van der Waals surface area contributed by atoms with E-state index in [2.05, 4.69) is 14.7 Å². The summed E-state index contributed by atoms with van der Waals surface area (Å²) in [6, 6.07) is 0. The minimum Gasteiger partial charge on any atom is -0.396 e. The van der Waals surface area contributed by atoms with E-state index in [4.69, 9.17) is 15.3 Å². The smallest absolute Gasteiger partial charge is 0.0648 e. The monoisotopic (exact) mass is 301 g/mol. The third-order valence-corrected chi connectivity index (χ3v) is 4.74. The average molecular weight is 301 g/mol. The largest absolute Gasteiger partial charge is 0.396 e. The molecule has 2 heterocycles. The standard InChI is InChI=1S/C15H31N3O3/c19-11-1-6-16-9-4-15-17(7-2-12-20)10-5-14(16)18(15)8-3-13-21/h14-15,19-21H,1-13H2. The number of hydrogen-bond donors (Lipinski definition) is 3. The number of hydrogen-bond acceptors (Lipinski definition) is 6. The fourth-order valence-corrected chi connectivity index (χ4v) is 3.80. The van der Waals surface area contributed by atoms with Crippen LogP contribution >= 0.6 is 0 Å². The first kappa shape index (κ1) is 17.1. The summed E-state index contributed by atoms with van der Waals surface area (Å²) < 4.78 is 0. The van der Waals surface area contributed by atoms with Crippen LogP contribution in [0.1, 0.15) is 32.1 Å². The molecule has 2 atom stereocenters. The zero-order valence-electron chi connectivity index (χ0n) is 13.0. The van der Waals surface area contributed by atoms with Crippen molar-refractivity contribution in [3.8, 4) is 0 Å². The zero-order chi connectivity index (χ0) is 15.1. The number of fused-ring (bicyclic) bond motifs is 2. The Hall–Kier alpha value is -0.240. The van der Waals surface area contributed by atoms with Gasteiger partial charge in [-0.1, -0.05) is 0 Å². The van der Waals surface area contributed by atoms with Crippen molar-refractivity contribution < 1.29 is 15.3 Å². The van der Waals surface area contributed by atoms with E-state index in [1.165, 1.54) is 0 Å². The molecule has 0 aromatic carbocycles. The minimum absolute atomic E-state index is 0.239. The van der Waals surface area contributed by atoms with Crippen LogP contribution in [0.5, 0.6) is 0 Å². The van der Waals surface area contributed by atoms with E-state index in [0.29, 0.717) is 12.3 Å². The molecule has 0 saturated carbocycles. The molecule has 2 aliphatic heterocycles. The zero-order valence-corrected chi connectivity index (χ0v) is 13.0. The van der Waals surface area contributed by atoms with Gasteiger partial charge in [-0.2, -0.15) is 0 Å². The molecule has 0 aromatic rings. The molecule has 2 rings (SSSR count). The van der Waals surface area contributed by atoms with Gasteiger partial charge < -0.3 is 15.3 Å². The van der Waals surface area contributed by atoms with Crippen molar-refractivity contribution in [2.45, 2.75) is 44.4 Å².